The third-order valence-electron chi connectivity index (χ3n) is 3.06. The molecule has 0 aromatic carbocycles. The summed E-state index contributed by atoms with van der Waals surface area (Å²) in [4.78, 5) is 16.3. The first-order chi connectivity index (χ1) is 8.74. The fourth-order valence-corrected chi connectivity index (χ4v) is 1.60. The lowest BCUT2D eigenvalue weighted by atomic mass is 9.88. The van der Waals surface area contributed by atoms with Gasteiger partial charge in [-0.3, -0.25) is 4.79 Å². The van der Waals surface area contributed by atoms with Gasteiger partial charge in [-0.2, -0.15) is 0 Å². The molecule has 0 saturated carbocycles. The van der Waals surface area contributed by atoms with Gasteiger partial charge in [0.05, 0.1) is 0 Å². The molecule has 0 spiro atoms. The molecule has 1 rings (SSSR count). The van der Waals surface area contributed by atoms with E-state index in [4.69, 9.17) is 11.6 Å². The Labute approximate surface area is 120 Å². The number of hydrogen-bond donors (Lipinski definition) is 2. The molecule has 4 nitrogen and oxygen atoms in total. The summed E-state index contributed by atoms with van der Waals surface area (Å²) in [6.07, 6.45) is 0. The Kier molecular flexibility index (Phi) is 5.18. The summed E-state index contributed by atoms with van der Waals surface area (Å²) in [7, 11) is 0. The second-order valence-electron chi connectivity index (χ2n) is 5.66. The van der Waals surface area contributed by atoms with E-state index >= 15 is 0 Å². The van der Waals surface area contributed by atoms with Crippen molar-refractivity contribution in [1.29, 1.82) is 0 Å². The van der Waals surface area contributed by atoms with Crippen molar-refractivity contribution in [2.24, 2.45) is 5.41 Å². The van der Waals surface area contributed by atoms with E-state index in [2.05, 4.69) is 36.4 Å². The number of aromatic nitrogens is 1. The molecular formula is C14H22ClN3O. The van der Waals surface area contributed by atoms with E-state index in [-0.39, 0.29) is 17.4 Å². The molecule has 1 amide bonds. The molecule has 0 bridgehead atoms. The van der Waals surface area contributed by atoms with Gasteiger partial charge in [0, 0.05) is 18.2 Å². The molecule has 5 heteroatoms. The summed E-state index contributed by atoms with van der Waals surface area (Å²) in [6.45, 7) is 10.9. The highest BCUT2D eigenvalue weighted by molar-refractivity contribution is 6.29. The van der Waals surface area contributed by atoms with Gasteiger partial charge >= 0.3 is 0 Å². The maximum atomic E-state index is 12.2. The van der Waals surface area contributed by atoms with Crippen molar-refractivity contribution in [3.05, 3.63) is 22.8 Å². The van der Waals surface area contributed by atoms with Crippen molar-refractivity contribution in [1.82, 2.24) is 10.3 Å². The summed E-state index contributed by atoms with van der Waals surface area (Å²) < 4.78 is 0. The average molecular weight is 284 g/mol. The molecule has 1 heterocycles. The number of nitrogens with one attached hydrogen (secondary N) is 2. The largest absolute Gasteiger partial charge is 0.370 e. The third kappa shape index (κ3) is 4.71. The Morgan fingerprint density at radius 1 is 1.42 bits per heavy atom. The van der Waals surface area contributed by atoms with Gasteiger partial charge < -0.3 is 10.6 Å². The highest BCUT2D eigenvalue weighted by atomic mass is 35.5. The van der Waals surface area contributed by atoms with Gasteiger partial charge in [0.2, 0.25) is 0 Å². The van der Waals surface area contributed by atoms with Crippen LogP contribution in [0.25, 0.3) is 0 Å². The molecule has 1 unspecified atom stereocenters. The summed E-state index contributed by atoms with van der Waals surface area (Å²) in [5.41, 5.74) is 0.531. The van der Waals surface area contributed by atoms with Gasteiger partial charge in [0.25, 0.3) is 5.91 Å². The SMILES string of the molecule is CCNc1cc(C(=O)NC(C)C(C)(C)C)cc(Cl)n1. The minimum atomic E-state index is -0.133. The van der Waals surface area contributed by atoms with Crippen LogP contribution in [0, 0.1) is 5.41 Å². The van der Waals surface area contributed by atoms with Gasteiger partial charge in [-0.25, -0.2) is 4.98 Å². The molecule has 2 N–H and O–H groups in total. The minimum Gasteiger partial charge on any atom is -0.370 e. The Morgan fingerprint density at radius 2 is 2.05 bits per heavy atom. The van der Waals surface area contributed by atoms with Crippen LogP contribution in [0.4, 0.5) is 5.82 Å². The van der Waals surface area contributed by atoms with Crippen molar-refractivity contribution < 1.29 is 4.79 Å². The van der Waals surface area contributed by atoms with Gasteiger partial charge in [0.15, 0.2) is 0 Å². The molecule has 0 saturated heterocycles. The fourth-order valence-electron chi connectivity index (χ4n) is 1.40. The van der Waals surface area contributed by atoms with Crippen LogP contribution in [0.2, 0.25) is 5.15 Å². The fraction of sp³-hybridized carbons (Fsp3) is 0.571. The molecule has 0 aliphatic rings. The molecule has 1 aromatic heterocycles. The van der Waals surface area contributed by atoms with Gasteiger partial charge in [-0.1, -0.05) is 32.4 Å². The molecule has 106 valence electrons. The van der Waals surface area contributed by atoms with E-state index < -0.39 is 0 Å². The van der Waals surface area contributed by atoms with Crippen LogP contribution < -0.4 is 10.6 Å². The van der Waals surface area contributed by atoms with Gasteiger partial charge in [-0.05, 0) is 31.4 Å². The van der Waals surface area contributed by atoms with E-state index in [1.165, 1.54) is 0 Å². The highest BCUT2D eigenvalue weighted by Crippen LogP contribution is 2.20. The maximum absolute atomic E-state index is 12.2. The Bertz CT molecular complexity index is 454. The first-order valence-corrected chi connectivity index (χ1v) is 6.84. The lowest BCUT2D eigenvalue weighted by Gasteiger charge is -2.28. The normalized spacial score (nSPS) is 12.9. The number of halogens is 1. The molecule has 19 heavy (non-hydrogen) atoms. The zero-order valence-electron chi connectivity index (χ0n) is 12.2. The monoisotopic (exact) mass is 283 g/mol. The number of carbonyl (C=O) groups excluding carboxylic acids is 1. The number of anilines is 1. The van der Waals surface area contributed by atoms with Crippen LogP contribution in [0.15, 0.2) is 12.1 Å². The number of rotatable bonds is 4. The molecular weight excluding hydrogens is 262 g/mol. The number of hydrogen-bond acceptors (Lipinski definition) is 3. The van der Waals surface area contributed by atoms with E-state index in [9.17, 15) is 4.79 Å². The van der Waals surface area contributed by atoms with E-state index in [0.29, 0.717) is 16.5 Å². The van der Waals surface area contributed by atoms with Crippen molar-refractivity contribution >= 4 is 23.3 Å². The first-order valence-electron chi connectivity index (χ1n) is 6.46. The standard InChI is InChI=1S/C14H22ClN3O/c1-6-16-12-8-10(7-11(15)18-12)13(19)17-9(2)14(3,4)5/h7-9H,6H2,1-5H3,(H,16,18)(H,17,19). The molecule has 1 atom stereocenters. The number of nitrogens with zero attached hydrogens (tertiary/aromatic N) is 1. The Morgan fingerprint density at radius 3 is 2.58 bits per heavy atom. The van der Waals surface area contributed by atoms with Crippen molar-refractivity contribution in [2.75, 3.05) is 11.9 Å². The Balaban J connectivity index is 2.88. The Hall–Kier alpha value is -1.29. The van der Waals surface area contributed by atoms with E-state index in [0.717, 1.165) is 6.54 Å². The molecule has 0 aliphatic heterocycles. The van der Waals surface area contributed by atoms with Crippen LogP contribution in [0.1, 0.15) is 45.0 Å². The van der Waals surface area contributed by atoms with Crippen molar-refractivity contribution in [2.45, 2.75) is 40.7 Å². The first kappa shape index (κ1) is 15.8. The smallest absolute Gasteiger partial charge is 0.251 e. The number of amides is 1. The summed E-state index contributed by atoms with van der Waals surface area (Å²) in [6, 6.07) is 3.35. The van der Waals surface area contributed by atoms with Crippen LogP contribution in [0.3, 0.4) is 0 Å². The summed E-state index contributed by atoms with van der Waals surface area (Å²) in [5.74, 6) is 0.481. The quantitative estimate of drug-likeness (QED) is 0.834. The molecule has 0 aliphatic carbocycles. The summed E-state index contributed by atoms with van der Waals surface area (Å²) in [5, 5.41) is 6.34. The van der Waals surface area contributed by atoms with Crippen LogP contribution in [-0.4, -0.2) is 23.5 Å². The lowest BCUT2D eigenvalue weighted by molar-refractivity contribution is 0.0910. The third-order valence-corrected chi connectivity index (χ3v) is 3.25. The molecule has 0 radical (unpaired) electrons. The average Bonchev–Trinajstić information content (AvgIpc) is 2.27. The van der Waals surface area contributed by atoms with Crippen LogP contribution >= 0.6 is 11.6 Å². The summed E-state index contributed by atoms with van der Waals surface area (Å²) >= 11 is 5.93. The zero-order valence-corrected chi connectivity index (χ0v) is 12.9. The highest BCUT2D eigenvalue weighted by Gasteiger charge is 2.22. The lowest BCUT2D eigenvalue weighted by Crippen LogP contribution is -2.41. The van der Waals surface area contributed by atoms with Crippen LogP contribution in [-0.2, 0) is 0 Å². The van der Waals surface area contributed by atoms with E-state index in [1.807, 2.05) is 13.8 Å². The molecule has 0 fully saturated rings. The predicted molar refractivity (Wildman–Crippen MR) is 79.8 cm³/mol. The number of pyridine rings is 1. The second-order valence-corrected chi connectivity index (χ2v) is 6.04. The van der Waals surface area contributed by atoms with E-state index in [1.54, 1.807) is 12.1 Å². The van der Waals surface area contributed by atoms with Crippen LogP contribution in [0.5, 0.6) is 0 Å². The molecule has 1 aromatic rings. The predicted octanol–water partition coefficient (Wildman–Crippen LogP) is 3.33. The number of carbonyl (C=O) groups is 1. The van der Waals surface area contributed by atoms with Crippen molar-refractivity contribution in [3.8, 4) is 0 Å². The topological polar surface area (TPSA) is 54.0 Å². The maximum Gasteiger partial charge on any atom is 0.251 e. The van der Waals surface area contributed by atoms with Crippen molar-refractivity contribution in [3.63, 3.8) is 0 Å². The van der Waals surface area contributed by atoms with Gasteiger partial charge in [0.1, 0.15) is 11.0 Å². The second kappa shape index (κ2) is 6.24. The minimum absolute atomic E-state index is 0.0109. The zero-order chi connectivity index (χ0) is 14.6. The van der Waals surface area contributed by atoms with Gasteiger partial charge in [-0.15, -0.1) is 0 Å².